The number of nitrogens with one attached hydrogen (secondary N) is 1. The highest BCUT2D eigenvalue weighted by Gasteiger charge is 2.27. The van der Waals surface area contributed by atoms with Crippen LogP contribution in [-0.2, 0) is 30.6 Å². The monoisotopic (exact) mass is 352 g/mol. The van der Waals surface area contributed by atoms with Gasteiger partial charge in [0, 0.05) is 0 Å². The Hall–Kier alpha value is -2.45. The Morgan fingerprint density at radius 2 is 1.80 bits per heavy atom. The van der Waals surface area contributed by atoms with Crippen LogP contribution in [0.4, 0.5) is 0 Å². The Morgan fingerprint density at radius 3 is 2.36 bits per heavy atom. The largest absolute Gasteiger partial charge is 0.480 e. The fraction of sp³-hybridized carbons (Fsp3) is 0.471. The Bertz CT molecular complexity index is 578. The zero-order valence-corrected chi connectivity index (χ0v) is 14.6. The minimum Gasteiger partial charge on any atom is -0.480 e. The van der Waals surface area contributed by atoms with Gasteiger partial charge < -0.3 is 9.84 Å². The van der Waals surface area contributed by atoms with Crippen molar-refractivity contribution < 1.29 is 29.1 Å². The molecule has 0 unspecified atom stereocenters. The molecule has 2 N–H and O–H groups in total. The van der Waals surface area contributed by atoms with Crippen molar-refractivity contribution in [2.45, 2.75) is 39.5 Å². The van der Waals surface area contributed by atoms with Gasteiger partial charge in [-0.3, -0.25) is 24.5 Å². The first kappa shape index (κ1) is 20.6. The molecule has 0 fully saturated rings. The molecule has 0 radical (unpaired) electrons. The van der Waals surface area contributed by atoms with Crippen LogP contribution in [0.2, 0.25) is 0 Å². The number of hydrogen-bond donors (Lipinski definition) is 2. The molecule has 138 valence electrons. The fourth-order valence-corrected chi connectivity index (χ4v) is 2.03. The summed E-state index contributed by atoms with van der Waals surface area (Å²) in [7, 11) is 0. The molecule has 0 aliphatic heterocycles. The number of esters is 1. The normalized spacial score (nSPS) is 12.9. The summed E-state index contributed by atoms with van der Waals surface area (Å²) in [6, 6.07) is 7.53. The van der Waals surface area contributed by atoms with Gasteiger partial charge in [-0.1, -0.05) is 30.3 Å². The van der Waals surface area contributed by atoms with E-state index in [1.807, 2.05) is 18.2 Å². The highest BCUT2D eigenvalue weighted by atomic mass is 16.7. The van der Waals surface area contributed by atoms with E-state index in [9.17, 15) is 14.4 Å². The van der Waals surface area contributed by atoms with Gasteiger partial charge in [0.2, 0.25) is 0 Å². The van der Waals surface area contributed by atoms with E-state index < -0.39 is 36.5 Å². The molecule has 8 heteroatoms. The molecule has 0 saturated carbocycles. The van der Waals surface area contributed by atoms with Gasteiger partial charge in [-0.15, -0.1) is 0 Å². The highest BCUT2D eigenvalue weighted by molar-refractivity contribution is 5.85. The van der Waals surface area contributed by atoms with Crippen molar-refractivity contribution in [1.29, 1.82) is 0 Å². The van der Waals surface area contributed by atoms with E-state index in [-0.39, 0.29) is 13.2 Å². The van der Waals surface area contributed by atoms with Crippen molar-refractivity contribution in [3.05, 3.63) is 35.9 Å². The maximum atomic E-state index is 12.4. The van der Waals surface area contributed by atoms with Crippen LogP contribution in [0.15, 0.2) is 30.3 Å². The topological polar surface area (TPSA) is 105 Å². The highest BCUT2D eigenvalue weighted by Crippen LogP contribution is 2.05. The minimum atomic E-state index is -1.20. The Morgan fingerprint density at radius 1 is 1.16 bits per heavy atom. The van der Waals surface area contributed by atoms with Crippen LogP contribution in [-0.4, -0.2) is 53.3 Å². The van der Waals surface area contributed by atoms with Gasteiger partial charge in [0.25, 0.3) is 5.91 Å². The Kier molecular flexibility index (Phi) is 8.59. The summed E-state index contributed by atoms with van der Waals surface area (Å²) < 4.78 is 4.86. The molecular weight excluding hydrogens is 328 g/mol. The Labute approximate surface area is 146 Å². The smallest absolute Gasteiger partial charge is 0.325 e. The summed E-state index contributed by atoms with van der Waals surface area (Å²) in [6.07, 6.45) is 0. The van der Waals surface area contributed by atoms with Crippen LogP contribution >= 0.6 is 0 Å². The molecule has 0 aliphatic rings. The summed E-state index contributed by atoms with van der Waals surface area (Å²) in [5.74, 6) is -2.28. The molecule has 1 rings (SSSR count). The predicted molar refractivity (Wildman–Crippen MR) is 89.3 cm³/mol. The number of hydroxylamine groups is 2. The van der Waals surface area contributed by atoms with Crippen molar-refractivity contribution in [3.8, 4) is 0 Å². The molecule has 0 aromatic heterocycles. The molecule has 0 aliphatic carbocycles. The van der Waals surface area contributed by atoms with Gasteiger partial charge >= 0.3 is 11.9 Å². The lowest BCUT2D eigenvalue weighted by atomic mass is 10.2. The van der Waals surface area contributed by atoms with Crippen molar-refractivity contribution in [1.82, 2.24) is 10.4 Å². The molecule has 25 heavy (non-hydrogen) atoms. The Balaban J connectivity index is 2.68. The quantitative estimate of drug-likeness (QED) is 0.477. The third-order valence-corrected chi connectivity index (χ3v) is 3.27. The zero-order chi connectivity index (χ0) is 18.8. The van der Waals surface area contributed by atoms with E-state index in [0.717, 1.165) is 10.6 Å². The molecule has 0 heterocycles. The van der Waals surface area contributed by atoms with Crippen molar-refractivity contribution in [2.75, 3.05) is 13.2 Å². The number of carboxylic acids is 1. The summed E-state index contributed by atoms with van der Waals surface area (Å²) in [4.78, 5) is 40.4. The number of carbonyl (C=O) groups is 3. The number of hydrogen-bond acceptors (Lipinski definition) is 6. The average Bonchev–Trinajstić information content (AvgIpc) is 2.58. The number of rotatable bonds is 10. The molecule has 1 aromatic rings. The number of benzene rings is 1. The first-order chi connectivity index (χ1) is 11.8. The van der Waals surface area contributed by atoms with Gasteiger partial charge in [-0.25, -0.2) is 5.06 Å². The number of carbonyl (C=O) groups excluding carboxylic acids is 2. The number of ether oxygens (including phenoxy) is 1. The second-order valence-corrected chi connectivity index (χ2v) is 5.39. The summed E-state index contributed by atoms with van der Waals surface area (Å²) >= 11 is 0. The van der Waals surface area contributed by atoms with Gasteiger partial charge in [0.05, 0.1) is 12.6 Å². The lowest BCUT2D eigenvalue weighted by molar-refractivity contribution is -0.198. The van der Waals surface area contributed by atoms with Crippen LogP contribution in [0.25, 0.3) is 0 Å². The molecular formula is C17H24N2O6. The van der Waals surface area contributed by atoms with E-state index in [2.05, 4.69) is 5.32 Å². The van der Waals surface area contributed by atoms with E-state index in [4.69, 9.17) is 14.7 Å². The number of aliphatic carboxylic acids is 1. The van der Waals surface area contributed by atoms with Crippen LogP contribution in [0, 0.1) is 0 Å². The van der Waals surface area contributed by atoms with Gasteiger partial charge in [-0.05, 0) is 26.3 Å². The third kappa shape index (κ3) is 7.32. The van der Waals surface area contributed by atoms with Gasteiger partial charge in [-0.2, -0.15) is 0 Å². The standard InChI is InChI=1S/C17H24N2O6/c1-4-24-17(23)13(3)18-12(2)16(22)19(10-15(20)21)25-11-14-8-6-5-7-9-14/h5-9,12-13,18H,4,10-11H2,1-3H3,(H,20,21)/t12-,13-/m0/s1. The molecule has 0 spiro atoms. The first-order valence-corrected chi connectivity index (χ1v) is 7.97. The minimum absolute atomic E-state index is 0.0556. The second-order valence-electron chi connectivity index (χ2n) is 5.39. The second kappa shape index (κ2) is 10.4. The van der Waals surface area contributed by atoms with Crippen molar-refractivity contribution >= 4 is 17.8 Å². The number of amides is 1. The zero-order valence-electron chi connectivity index (χ0n) is 14.6. The fourth-order valence-electron chi connectivity index (χ4n) is 2.03. The number of nitrogens with zero attached hydrogens (tertiary/aromatic N) is 1. The molecule has 1 aromatic carbocycles. The van der Waals surface area contributed by atoms with Crippen LogP contribution in [0.5, 0.6) is 0 Å². The van der Waals surface area contributed by atoms with Crippen LogP contribution in [0.1, 0.15) is 26.3 Å². The summed E-state index contributed by atoms with van der Waals surface area (Å²) in [6.45, 7) is 4.46. The van der Waals surface area contributed by atoms with Gasteiger partial charge in [0.15, 0.2) is 0 Å². The van der Waals surface area contributed by atoms with Crippen LogP contribution in [0.3, 0.4) is 0 Å². The molecule has 1 amide bonds. The molecule has 0 saturated heterocycles. The van der Waals surface area contributed by atoms with E-state index >= 15 is 0 Å². The molecule has 0 bridgehead atoms. The SMILES string of the molecule is CCOC(=O)[C@H](C)N[C@@H](C)C(=O)N(CC(=O)O)OCc1ccccc1. The summed E-state index contributed by atoms with van der Waals surface area (Å²) in [5.41, 5.74) is 0.797. The number of carboxylic acid groups (broad SMARTS) is 1. The predicted octanol–water partition coefficient (Wildman–Crippen LogP) is 0.961. The van der Waals surface area contributed by atoms with Crippen molar-refractivity contribution in [3.63, 3.8) is 0 Å². The van der Waals surface area contributed by atoms with E-state index in [1.165, 1.54) is 6.92 Å². The van der Waals surface area contributed by atoms with Crippen LogP contribution < -0.4 is 5.32 Å². The lowest BCUT2D eigenvalue weighted by Gasteiger charge is -2.25. The lowest BCUT2D eigenvalue weighted by Crippen LogP contribution is -2.51. The summed E-state index contributed by atoms with van der Waals surface area (Å²) in [5, 5.41) is 12.5. The van der Waals surface area contributed by atoms with Gasteiger partial charge in [0.1, 0.15) is 19.2 Å². The van der Waals surface area contributed by atoms with E-state index in [1.54, 1.807) is 26.0 Å². The maximum Gasteiger partial charge on any atom is 0.325 e. The third-order valence-electron chi connectivity index (χ3n) is 3.27. The van der Waals surface area contributed by atoms with E-state index in [0.29, 0.717) is 0 Å². The average molecular weight is 352 g/mol. The van der Waals surface area contributed by atoms with Crippen molar-refractivity contribution in [2.24, 2.45) is 0 Å². The first-order valence-electron chi connectivity index (χ1n) is 7.97. The molecule has 2 atom stereocenters. The molecule has 8 nitrogen and oxygen atoms in total. The maximum absolute atomic E-state index is 12.4.